The predicted molar refractivity (Wildman–Crippen MR) is 84.2 cm³/mol. The van der Waals surface area contributed by atoms with Gasteiger partial charge in [-0.2, -0.15) is 0 Å². The lowest BCUT2D eigenvalue weighted by atomic mass is 9.85. The summed E-state index contributed by atoms with van der Waals surface area (Å²) in [6.07, 6.45) is 1.27. The quantitative estimate of drug-likeness (QED) is 0.780. The van der Waals surface area contributed by atoms with Crippen LogP contribution in [0, 0.1) is 25.7 Å². The van der Waals surface area contributed by atoms with E-state index < -0.39 is 0 Å². The molecule has 0 saturated carbocycles. The minimum absolute atomic E-state index is 0.263. The van der Waals surface area contributed by atoms with Crippen molar-refractivity contribution in [2.75, 3.05) is 13.1 Å². The van der Waals surface area contributed by atoms with Crippen LogP contribution in [-0.2, 0) is 0 Å². The first-order valence-corrected chi connectivity index (χ1v) is 7.73. The number of Topliss-reactive ketones (excluding diaryl/α,β-unsaturated/α-hetero) is 1. The molecule has 2 nitrogen and oxygen atoms in total. The Morgan fingerprint density at radius 3 is 2.65 bits per heavy atom. The second-order valence-corrected chi connectivity index (χ2v) is 6.73. The number of likely N-dealkylation sites (tertiary alicyclic amines) is 1. The fourth-order valence-electron chi connectivity index (χ4n) is 3.35. The second kappa shape index (κ2) is 6.09. The van der Waals surface area contributed by atoms with E-state index in [1.165, 1.54) is 6.42 Å². The van der Waals surface area contributed by atoms with Crippen molar-refractivity contribution in [1.29, 1.82) is 0 Å². The number of hydrogen-bond acceptors (Lipinski definition) is 2. The summed E-state index contributed by atoms with van der Waals surface area (Å²) in [6.45, 7) is 12.5. The van der Waals surface area contributed by atoms with E-state index in [4.69, 9.17) is 0 Å². The summed E-state index contributed by atoms with van der Waals surface area (Å²) in [5, 5.41) is 0. The number of piperidine rings is 1. The maximum atomic E-state index is 12.6. The normalized spacial score (nSPS) is 27.6. The number of carbonyl (C=O) groups is 1. The summed E-state index contributed by atoms with van der Waals surface area (Å²) in [5.41, 5.74) is 3.14. The summed E-state index contributed by atoms with van der Waals surface area (Å²) in [7, 11) is 0. The van der Waals surface area contributed by atoms with Crippen molar-refractivity contribution >= 4 is 5.78 Å². The van der Waals surface area contributed by atoms with E-state index in [0.29, 0.717) is 24.4 Å². The van der Waals surface area contributed by atoms with Crippen molar-refractivity contribution in [3.8, 4) is 0 Å². The molecule has 110 valence electrons. The molecule has 2 rings (SSSR count). The molecule has 1 fully saturated rings. The minimum atomic E-state index is 0.263. The fraction of sp³-hybridized carbons (Fsp3) is 0.611. The summed E-state index contributed by atoms with van der Waals surface area (Å²) in [4.78, 5) is 15.0. The Hall–Kier alpha value is -1.15. The van der Waals surface area contributed by atoms with Crippen LogP contribution in [0.3, 0.4) is 0 Å². The Morgan fingerprint density at radius 2 is 1.95 bits per heavy atom. The van der Waals surface area contributed by atoms with Gasteiger partial charge in [-0.15, -0.1) is 0 Å². The molecule has 2 heteroatoms. The third-order valence-corrected chi connectivity index (χ3v) is 4.76. The largest absolute Gasteiger partial charge is 0.293 e. The Balaban J connectivity index is 2.12. The predicted octanol–water partition coefficient (Wildman–Crippen LogP) is 3.85. The van der Waals surface area contributed by atoms with Crippen LogP contribution in [0.4, 0.5) is 0 Å². The number of aryl methyl sites for hydroxylation is 2. The summed E-state index contributed by atoms with van der Waals surface area (Å²) < 4.78 is 0. The molecule has 1 heterocycles. The van der Waals surface area contributed by atoms with Gasteiger partial charge in [0.1, 0.15) is 0 Å². The summed E-state index contributed by atoms with van der Waals surface area (Å²) in [5.74, 6) is 1.62. The average molecular weight is 273 g/mol. The average Bonchev–Trinajstić information content (AvgIpc) is 2.38. The van der Waals surface area contributed by atoms with Gasteiger partial charge in [0, 0.05) is 18.2 Å². The monoisotopic (exact) mass is 273 g/mol. The van der Waals surface area contributed by atoms with E-state index in [-0.39, 0.29) is 5.78 Å². The molecule has 1 aromatic carbocycles. The van der Waals surface area contributed by atoms with Crippen molar-refractivity contribution in [3.63, 3.8) is 0 Å². The maximum Gasteiger partial charge on any atom is 0.177 e. The van der Waals surface area contributed by atoms with Crippen molar-refractivity contribution < 1.29 is 4.79 Å². The lowest BCUT2D eigenvalue weighted by molar-refractivity contribution is 0.0649. The molecule has 0 spiro atoms. The van der Waals surface area contributed by atoms with Crippen LogP contribution in [0.15, 0.2) is 18.2 Å². The Labute approximate surface area is 123 Å². The van der Waals surface area contributed by atoms with Gasteiger partial charge in [-0.1, -0.05) is 31.5 Å². The van der Waals surface area contributed by atoms with E-state index in [2.05, 4.69) is 31.7 Å². The summed E-state index contributed by atoms with van der Waals surface area (Å²) >= 11 is 0. The standard InChI is InChI=1S/C18H27NO/c1-12-6-7-14(3)17(9-12)18(20)11-19-10-13(2)8-15(4)16(19)5/h6-7,9,13,15-16H,8,10-11H2,1-5H3. The van der Waals surface area contributed by atoms with Gasteiger partial charge in [-0.25, -0.2) is 0 Å². The molecule has 1 saturated heterocycles. The number of carbonyl (C=O) groups excluding carboxylic acids is 1. The number of rotatable bonds is 3. The van der Waals surface area contributed by atoms with Crippen LogP contribution < -0.4 is 0 Å². The highest BCUT2D eigenvalue weighted by Crippen LogP contribution is 2.27. The van der Waals surface area contributed by atoms with Crippen LogP contribution in [0.25, 0.3) is 0 Å². The van der Waals surface area contributed by atoms with E-state index in [9.17, 15) is 4.79 Å². The molecule has 20 heavy (non-hydrogen) atoms. The molecule has 1 aliphatic rings. The molecule has 1 aliphatic heterocycles. The summed E-state index contributed by atoms with van der Waals surface area (Å²) in [6, 6.07) is 6.65. The van der Waals surface area contributed by atoms with Crippen LogP contribution in [0.1, 0.15) is 48.7 Å². The van der Waals surface area contributed by atoms with Gasteiger partial charge in [0.2, 0.25) is 0 Å². The van der Waals surface area contributed by atoms with Gasteiger partial charge in [0.15, 0.2) is 5.78 Å². The van der Waals surface area contributed by atoms with Gasteiger partial charge in [-0.3, -0.25) is 9.69 Å². The van der Waals surface area contributed by atoms with Crippen LogP contribution in [0.5, 0.6) is 0 Å². The number of nitrogens with zero attached hydrogens (tertiary/aromatic N) is 1. The lowest BCUT2D eigenvalue weighted by Gasteiger charge is -2.40. The molecule has 1 aromatic rings. The molecular weight excluding hydrogens is 246 g/mol. The number of benzene rings is 1. The minimum Gasteiger partial charge on any atom is -0.293 e. The zero-order chi connectivity index (χ0) is 14.9. The van der Waals surface area contributed by atoms with E-state index in [1.807, 2.05) is 26.0 Å². The lowest BCUT2D eigenvalue weighted by Crippen LogP contribution is -2.47. The molecule has 0 aromatic heterocycles. The Kier molecular flexibility index (Phi) is 4.64. The van der Waals surface area contributed by atoms with Crippen LogP contribution in [-0.4, -0.2) is 29.8 Å². The first-order chi connectivity index (χ1) is 9.38. The van der Waals surface area contributed by atoms with Gasteiger partial charge in [0.05, 0.1) is 6.54 Å². The van der Waals surface area contributed by atoms with Crippen LogP contribution >= 0.6 is 0 Å². The third-order valence-electron chi connectivity index (χ3n) is 4.76. The van der Waals surface area contributed by atoms with Crippen molar-refractivity contribution in [1.82, 2.24) is 4.90 Å². The first kappa shape index (κ1) is 15.2. The zero-order valence-corrected chi connectivity index (χ0v) is 13.4. The molecule has 0 aliphatic carbocycles. The highest BCUT2D eigenvalue weighted by Gasteiger charge is 2.30. The van der Waals surface area contributed by atoms with Gasteiger partial charge in [0.25, 0.3) is 0 Å². The highest BCUT2D eigenvalue weighted by atomic mass is 16.1. The number of ketones is 1. The molecule has 3 atom stereocenters. The van der Waals surface area contributed by atoms with E-state index >= 15 is 0 Å². The first-order valence-electron chi connectivity index (χ1n) is 7.73. The van der Waals surface area contributed by atoms with E-state index in [0.717, 1.165) is 23.2 Å². The molecule has 0 bridgehead atoms. The maximum absolute atomic E-state index is 12.6. The van der Waals surface area contributed by atoms with Crippen molar-refractivity contribution in [3.05, 3.63) is 34.9 Å². The van der Waals surface area contributed by atoms with Crippen LogP contribution in [0.2, 0.25) is 0 Å². The molecule has 0 N–H and O–H groups in total. The topological polar surface area (TPSA) is 20.3 Å². The number of hydrogen-bond donors (Lipinski definition) is 0. The van der Waals surface area contributed by atoms with Gasteiger partial charge >= 0.3 is 0 Å². The molecule has 0 radical (unpaired) electrons. The fourth-order valence-corrected chi connectivity index (χ4v) is 3.35. The smallest absolute Gasteiger partial charge is 0.177 e. The SMILES string of the molecule is Cc1ccc(C)c(C(=O)CN2CC(C)CC(C)C2C)c1. The van der Waals surface area contributed by atoms with Crippen molar-refractivity contribution in [2.24, 2.45) is 11.8 Å². The third kappa shape index (κ3) is 3.29. The molecular formula is C18H27NO. The van der Waals surface area contributed by atoms with Crippen molar-refractivity contribution in [2.45, 2.75) is 47.1 Å². The molecule has 0 amide bonds. The Bertz CT molecular complexity index is 494. The highest BCUT2D eigenvalue weighted by molar-refractivity contribution is 5.99. The van der Waals surface area contributed by atoms with Gasteiger partial charge in [-0.05, 0) is 50.7 Å². The second-order valence-electron chi connectivity index (χ2n) is 6.73. The van der Waals surface area contributed by atoms with Gasteiger partial charge < -0.3 is 0 Å². The Morgan fingerprint density at radius 1 is 1.25 bits per heavy atom. The zero-order valence-electron chi connectivity index (χ0n) is 13.4. The molecule has 3 unspecified atom stereocenters. The van der Waals surface area contributed by atoms with E-state index in [1.54, 1.807) is 0 Å².